The van der Waals surface area contributed by atoms with Crippen molar-refractivity contribution in [2.45, 2.75) is 31.7 Å². The minimum absolute atomic E-state index is 0.00907. The van der Waals surface area contributed by atoms with Crippen molar-refractivity contribution in [3.63, 3.8) is 0 Å². The van der Waals surface area contributed by atoms with Crippen LogP contribution in [0.2, 0.25) is 0 Å². The Morgan fingerprint density at radius 2 is 1.95 bits per heavy atom. The minimum atomic E-state index is -0.0574. The summed E-state index contributed by atoms with van der Waals surface area (Å²) in [5.41, 5.74) is 1.15. The third kappa shape index (κ3) is 4.73. The second-order valence-corrected chi connectivity index (χ2v) is 5.08. The van der Waals surface area contributed by atoms with Gasteiger partial charge >= 0.3 is 0 Å². The number of carbonyl (C=O) groups excluding carboxylic acids is 2. The van der Waals surface area contributed by atoms with Gasteiger partial charge in [-0.2, -0.15) is 0 Å². The monoisotopic (exact) mass is 260 g/mol. The number of hydrogen-bond donors (Lipinski definition) is 1. The summed E-state index contributed by atoms with van der Waals surface area (Å²) in [5, 5.41) is 2.88. The molecule has 1 N–H and O–H groups in total. The van der Waals surface area contributed by atoms with E-state index in [1.165, 1.54) is 4.90 Å². The number of rotatable bonds is 6. The number of benzene rings is 1. The first-order valence-electron chi connectivity index (χ1n) is 6.72. The van der Waals surface area contributed by atoms with Crippen molar-refractivity contribution in [2.75, 3.05) is 13.6 Å². The van der Waals surface area contributed by atoms with Gasteiger partial charge in [-0.25, -0.2) is 0 Å². The van der Waals surface area contributed by atoms with Crippen LogP contribution in [0.1, 0.15) is 24.8 Å². The van der Waals surface area contributed by atoms with E-state index in [0.29, 0.717) is 18.9 Å². The van der Waals surface area contributed by atoms with Crippen LogP contribution in [-0.2, 0) is 16.0 Å². The van der Waals surface area contributed by atoms with Crippen molar-refractivity contribution in [1.29, 1.82) is 0 Å². The van der Waals surface area contributed by atoms with Crippen molar-refractivity contribution in [1.82, 2.24) is 10.2 Å². The quantitative estimate of drug-likeness (QED) is 0.839. The lowest BCUT2D eigenvalue weighted by atomic mass is 10.1. The number of amides is 2. The average molecular weight is 260 g/mol. The number of aryl methyl sites for hydroxylation is 1. The summed E-state index contributed by atoms with van der Waals surface area (Å²) in [6, 6.07) is 10.2. The maximum atomic E-state index is 11.9. The molecule has 1 fully saturated rings. The minimum Gasteiger partial charge on any atom is -0.352 e. The zero-order valence-corrected chi connectivity index (χ0v) is 11.3. The Morgan fingerprint density at radius 1 is 1.26 bits per heavy atom. The zero-order valence-electron chi connectivity index (χ0n) is 11.3. The lowest BCUT2D eigenvalue weighted by Gasteiger charge is -2.16. The molecule has 0 spiro atoms. The fraction of sp³-hybridized carbons (Fsp3) is 0.467. The van der Waals surface area contributed by atoms with Crippen LogP contribution in [0.3, 0.4) is 0 Å². The first-order chi connectivity index (χ1) is 9.15. The summed E-state index contributed by atoms with van der Waals surface area (Å²) in [5.74, 6) is -0.0483. The van der Waals surface area contributed by atoms with Gasteiger partial charge in [0.2, 0.25) is 11.8 Å². The first kappa shape index (κ1) is 13.6. The predicted octanol–water partition coefficient (Wildman–Crippen LogP) is 1.36. The molecule has 4 nitrogen and oxygen atoms in total. The van der Waals surface area contributed by atoms with Gasteiger partial charge in [0.05, 0.1) is 6.54 Å². The fourth-order valence-corrected chi connectivity index (χ4v) is 1.89. The van der Waals surface area contributed by atoms with E-state index < -0.39 is 0 Å². The molecule has 0 aromatic heterocycles. The van der Waals surface area contributed by atoms with E-state index >= 15 is 0 Å². The molecule has 0 bridgehead atoms. The van der Waals surface area contributed by atoms with Gasteiger partial charge in [-0.05, 0) is 24.8 Å². The van der Waals surface area contributed by atoms with Crippen LogP contribution in [-0.4, -0.2) is 36.3 Å². The van der Waals surface area contributed by atoms with Crippen molar-refractivity contribution in [3.8, 4) is 0 Å². The molecular weight excluding hydrogens is 240 g/mol. The van der Waals surface area contributed by atoms with E-state index in [9.17, 15) is 9.59 Å². The molecule has 4 heteroatoms. The Kier molecular flexibility index (Phi) is 4.55. The lowest BCUT2D eigenvalue weighted by Crippen LogP contribution is -2.39. The van der Waals surface area contributed by atoms with Gasteiger partial charge in [-0.1, -0.05) is 30.3 Å². The predicted molar refractivity (Wildman–Crippen MR) is 73.6 cm³/mol. The molecular formula is C15H20N2O2. The summed E-state index contributed by atoms with van der Waals surface area (Å²) in [6.45, 7) is 0.157. The highest BCUT2D eigenvalue weighted by molar-refractivity contribution is 5.84. The SMILES string of the molecule is CN(CC(=O)NC1CC1)C(=O)CCc1ccccc1. The molecule has 19 heavy (non-hydrogen) atoms. The Bertz CT molecular complexity index is 441. The van der Waals surface area contributed by atoms with Gasteiger partial charge in [-0.15, -0.1) is 0 Å². The smallest absolute Gasteiger partial charge is 0.239 e. The van der Waals surface area contributed by atoms with Crippen molar-refractivity contribution >= 4 is 11.8 Å². The topological polar surface area (TPSA) is 49.4 Å². The number of nitrogens with zero attached hydrogens (tertiary/aromatic N) is 1. The highest BCUT2D eigenvalue weighted by Gasteiger charge is 2.24. The van der Waals surface area contributed by atoms with E-state index in [0.717, 1.165) is 18.4 Å². The highest BCUT2D eigenvalue weighted by Crippen LogP contribution is 2.18. The van der Waals surface area contributed by atoms with Crippen LogP contribution in [0, 0.1) is 0 Å². The zero-order chi connectivity index (χ0) is 13.7. The van der Waals surface area contributed by atoms with E-state index in [1.54, 1.807) is 7.05 Å². The second kappa shape index (κ2) is 6.36. The molecule has 2 rings (SSSR count). The van der Waals surface area contributed by atoms with Gasteiger partial charge in [-0.3, -0.25) is 9.59 Å². The molecule has 1 aromatic carbocycles. The molecule has 0 aliphatic heterocycles. The maximum absolute atomic E-state index is 11.9. The summed E-state index contributed by atoms with van der Waals surface area (Å²) in [4.78, 5) is 25.0. The van der Waals surface area contributed by atoms with Crippen LogP contribution in [0.5, 0.6) is 0 Å². The Morgan fingerprint density at radius 3 is 2.58 bits per heavy atom. The van der Waals surface area contributed by atoms with E-state index in [1.807, 2.05) is 30.3 Å². The fourth-order valence-electron chi connectivity index (χ4n) is 1.89. The van der Waals surface area contributed by atoms with Crippen LogP contribution in [0.4, 0.5) is 0 Å². The Labute approximate surface area is 113 Å². The molecule has 1 aromatic rings. The molecule has 0 unspecified atom stereocenters. The number of nitrogens with one attached hydrogen (secondary N) is 1. The molecule has 1 saturated carbocycles. The normalized spacial score (nSPS) is 13.9. The Hall–Kier alpha value is -1.84. The third-order valence-corrected chi connectivity index (χ3v) is 3.22. The van der Waals surface area contributed by atoms with Crippen LogP contribution in [0.25, 0.3) is 0 Å². The summed E-state index contributed by atoms with van der Waals surface area (Å²) in [6.07, 6.45) is 3.29. The van der Waals surface area contributed by atoms with E-state index in [-0.39, 0.29) is 18.4 Å². The van der Waals surface area contributed by atoms with Crippen LogP contribution < -0.4 is 5.32 Å². The average Bonchev–Trinajstić information content (AvgIpc) is 3.20. The van der Waals surface area contributed by atoms with Gasteiger partial charge in [0.15, 0.2) is 0 Å². The van der Waals surface area contributed by atoms with Crippen molar-refractivity contribution < 1.29 is 9.59 Å². The number of likely N-dealkylation sites (N-methyl/N-ethyl adjacent to an activating group) is 1. The van der Waals surface area contributed by atoms with Gasteiger partial charge in [0, 0.05) is 19.5 Å². The Balaban J connectivity index is 1.71. The van der Waals surface area contributed by atoms with Crippen LogP contribution >= 0.6 is 0 Å². The first-order valence-corrected chi connectivity index (χ1v) is 6.72. The molecule has 0 atom stereocenters. The lowest BCUT2D eigenvalue weighted by molar-refractivity contribution is -0.134. The van der Waals surface area contributed by atoms with Gasteiger partial charge in [0.25, 0.3) is 0 Å². The molecule has 0 radical (unpaired) electrons. The van der Waals surface area contributed by atoms with Crippen molar-refractivity contribution in [3.05, 3.63) is 35.9 Å². The molecule has 1 aliphatic carbocycles. The molecule has 2 amide bonds. The molecule has 1 aliphatic rings. The van der Waals surface area contributed by atoms with Crippen LogP contribution in [0.15, 0.2) is 30.3 Å². The number of hydrogen-bond acceptors (Lipinski definition) is 2. The highest BCUT2D eigenvalue weighted by atomic mass is 16.2. The van der Waals surface area contributed by atoms with Crippen molar-refractivity contribution in [2.24, 2.45) is 0 Å². The molecule has 0 heterocycles. The molecule has 102 valence electrons. The summed E-state index contributed by atoms with van der Waals surface area (Å²) < 4.78 is 0. The van der Waals surface area contributed by atoms with E-state index in [4.69, 9.17) is 0 Å². The largest absolute Gasteiger partial charge is 0.352 e. The second-order valence-electron chi connectivity index (χ2n) is 5.08. The molecule has 0 saturated heterocycles. The third-order valence-electron chi connectivity index (χ3n) is 3.22. The van der Waals surface area contributed by atoms with Gasteiger partial charge in [0.1, 0.15) is 0 Å². The maximum Gasteiger partial charge on any atom is 0.239 e. The summed E-state index contributed by atoms with van der Waals surface area (Å²) in [7, 11) is 1.68. The van der Waals surface area contributed by atoms with E-state index in [2.05, 4.69) is 5.32 Å². The number of carbonyl (C=O) groups is 2. The van der Waals surface area contributed by atoms with Gasteiger partial charge < -0.3 is 10.2 Å². The standard InChI is InChI=1S/C15H20N2O2/c1-17(11-14(18)16-13-8-9-13)15(19)10-7-12-5-3-2-4-6-12/h2-6,13H,7-11H2,1H3,(H,16,18). The summed E-state index contributed by atoms with van der Waals surface area (Å²) >= 11 is 0.